The summed E-state index contributed by atoms with van der Waals surface area (Å²) >= 11 is 25.2. The molecule has 0 bridgehead atoms. The van der Waals surface area contributed by atoms with E-state index < -0.39 is 85.2 Å². The molecule has 1 unspecified atom stereocenters. The van der Waals surface area contributed by atoms with E-state index >= 15 is 8.78 Å². The summed E-state index contributed by atoms with van der Waals surface area (Å²) in [5, 5.41) is 16.6. The van der Waals surface area contributed by atoms with Crippen molar-refractivity contribution in [2.75, 3.05) is 23.8 Å². The molecule has 4 aliphatic carbocycles. The van der Waals surface area contributed by atoms with Crippen LogP contribution in [0.3, 0.4) is 0 Å². The molecule has 6 heterocycles. The zero-order chi connectivity index (χ0) is 67.7. The number of ether oxygens (including phenoxy) is 2. The predicted octanol–water partition coefficient (Wildman–Crippen LogP) is 14.5. The number of halogens is 6. The molecular weight excluding hydrogens is 1310 g/mol. The number of hydrogen-bond acceptors (Lipinski definition) is 12. The second-order valence-electron chi connectivity index (χ2n) is 29.2. The maximum absolute atomic E-state index is 16.0. The van der Waals surface area contributed by atoms with E-state index in [9.17, 15) is 37.5 Å². The van der Waals surface area contributed by atoms with Crippen molar-refractivity contribution < 1.29 is 60.3 Å². The molecule has 13 rings (SSSR count). The molecule has 4 aliphatic heterocycles. The van der Waals surface area contributed by atoms with Crippen molar-refractivity contribution in [1.82, 2.24) is 9.97 Å². The van der Waals surface area contributed by atoms with Gasteiger partial charge in [-0.2, -0.15) is 8.42 Å². The molecule has 4 spiro atoms. The van der Waals surface area contributed by atoms with Crippen LogP contribution >= 0.6 is 46.4 Å². The first-order valence-electron chi connectivity index (χ1n) is 32.5. The highest BCUT2D eigenvalue weighted by atomic mass is 35.5. The Kier molecular flexibility index (Phi) is 19.9. The Balaban J connectivity index is 0.000000167. The summed E-state index contributed by atoms with van der Waals surface area (Å²) in [7, 11) is -4.00. The number of amides is 3. The second-order valence-corrected chi connectivity index (χ2v) is 32.2. The van der Waals surface area contributed by atoms with Gasteiger partial charge in [0.15, 0.2) is 21.9 Å². The van der Waals surface area contributed by atoms with Crippen molar-refractivity contribution in [2.24, 2.45) is 51.1 Å². The number of aliphatic hydroxyl groups is 1. The summed E-state index contributed by atoms with van der Waals surface area (Å²) in [5.41, 5.74) is 5.38. The Bertz CT molecular complexity index is 3860. The van der Waals surface area contributed by atoms with Gasteiger partial charge in [0.05, 0.1) is 41.1 Å². The number of primary amides is 1. The van der Waals surface area contributed by atoms with E-state index in [1.54, 1.807) is 61.5 Å². The molecule has 16 nitrogen and oxygen atoms in total. The summed E-state index contributed by atoms with van der Waals surface area (Å²) in [6, 6.07) is 21.4. The van der Waals surface area contributed by atoms with E-state index in [1.807, 2.05) is 12.1 Å². The van der Waals surface area contributed by atoms with E-state index in [2.05, 4.69) is 48.3 Å². The number of carbonyl (C=O) groups is 5. The van der Waals surface area contributed by atoms with Crippen LogP contribution in [0.2, 0.25) is 20.4 Å². The first-order chi connectivity index (χ1) is 44.4. The number of nitrogens with two attached hydrogens (primary N) is 1. The number of ketones is 2. The first kappa shape index (κ1) is 69.9. The highest BCUT2D eigenvalue weighted by molar-refractivity contribution is 7.85. The van der Waals surface area contributed by atoms with Crippen LogP contribution < -0.4 is 16.4 Å². The molecule has 11 atom stereocenters. The number of fused-ring (bicyclic) bond motifs is 6. The molecule has 3 amide bonds. The highest BCUT2D eigenvalue weighted by Crippen LogP contribution is 2.74. The van der Waals surface area contributed by atoms with Crippen LogP contribution in [0, 0.1) is 57.0 Å². The molecule has 8 aliphatic rings. The molecule has 3 aromatic carbocycles. The lowest BCUT2D eigenvalue weighted by molar-refractivity contribution is -0.135. The van der Waals surface area contributed by atoms with Crippen molar-refractivity contribution in [3.8, 4) is 0 Å². The van der Waals surface area contributed by atoms with E-state index in [1.165, 1.54) is 24.5 Å². The fourth-order valence-electron chi connectivity index (χ4n) is 17.8. The number of nitrogens with zero attached hydrogens (tertiary/aromatic N) is 2. The third-order valence-corrected chi connectivity index (χ3v) is 24.5. The first-order valence-corrected chi connectivity index (χ1v) is 35.4. The molecular formula is C71H81Cl4F2N5O11S. The van der Waals surface area contributed by atoms with Crippen LogP contribution in [0.1, 0.15) is 171 Å². The number of nitrogens with one attached hydrogen (secondary N) is 2. The lowest BCUT2D eigenvalue weighted by Crippen LogP contribution is -2.52. The number of rotatable bonds is 11. The summed E-state index contributed by atoms with van der Waals surface area (Å²) in [5.74, 6) is -5.20. The minimum atomic E-state index is -4.00. The lowest BCUT2D eigenvalue weighted by atomic mass is 9.51. The molecule has 23 heteroatoms. The van der Waals surface area contributed by atoms with Crippen LogP contribution in [0.4, 0.5) is 20.2 Å². The fourth-order valence-corrected chi connectivity index (χ4v) is 19.0. The Labute approximate surface area is 567 Å². The quantitative estimate of drug-likeness (QED) is 0.0610. The molecule has 6 N–H and O–H groups in total. The topological polar surface area (TPSA) is 254 Å². The van der Waals surface area contributed by atoms with Crippen LogP contribution in [-0.2, 0) is 54.4 Å². The van der Waals surface area contributed by atoms with Crippen molar-refractivity contribution in [1.29, 1.82) is 0 Å². The van der Waals surface area contributed by atoms with E-state index in [-0.39, 0.29) is 97.9 Å². The summed E-state index contributed by atoms with van der Waals surface area (Å²) in [4.78, 5) is 77.4. The highest BCUT2D eigenvalue weighted by Gasteiger charge is 2.74. The van der Waals surface area contributed by atoms with Gasteiger partial charge in [-0.25, -0.2) is 18.7 Å². The molecule has 4 saturated carbocycles. The van der Waals surface area contributed by atoms with E-state index in [4.69, 9.17) is 66.2 Å². The molecule has 2 aromatic heterocycles. The number of benzene rings is 3. The van der Waals surface area contributed by atoms with Gasteiger partial charge in [0.2, 0.25) is 17.7 Å². The molecule has 504 valence electrons. The Hall–Kier alpha value is -5.48. The molecule has 0 radical (unpaired) electrons. The number of aliphatic hydroxyl groups excluding tert-OH is 1. The van der Waals surface area contributed by atoms with Gasteiger partial charge >= 0.3 is 0 Å². The fraction of sp³-hybridized carbons (Fsp3) is 0.535. The molecule has 94 heavy (non-hydrogen) atoms. The van der Waals surface area contributed by atoms with Crippen LogP contribution in [0.15, 0.2) is 96.2 Å². The predicted molar refractivity (Wildman–Crippen MR) is 354 cm³/mol. The molecule has 6 fully saturated rings. The van der Waals surface area contributed by atoms with Gasteiger partial charge in [-0.1, -0.05) is 104 Å². The zero-order valence-electron chi connectivity index (χ0n) is 53.3. The number of anilines is 2. The Morgan fingerprint density at radius 3 is 1.43 bits per heavy atom. The van der Waals surface area contributed by atoms with Gasteiger partial charge in [-0.15, -0.1) is 0 Å². The number of Topliss-reactive ketones (excluding diaryl/α,β-unsaturated/α-hetero) is 2. The van der Waals surface area contributed by atoms with Crippen molar-refractivity contribution in [3.05, 3.63) is 145 Å². The Morgan fingerprint density at radius 2 is 1.06 bits per heavy atom. The Morgan fingerprint density at radius 1 is 0.638 bits per heavy atom. The van der Waals surface area contributed by atoms with Gasteiger partial charge in [-0.3, -0.25) is 28.5 Å². The van der Waals surface area contributed by atoms with Crippen molar-refractivity contribution in [3.63, 3.8) is 0 Å². The van der Waals surface area contributed by atoms with Crippen LogP contribution in [0.25, 0.3) is 0 Å². The summed E-state index contributed by atoms with van der Waals surface area (Å²) in [6.07, 6.45) is 11.9. The van der Waals surface area contributed by atoms with Gasteiger partial charge in [0, 0.05) is 70.3 Å². The average molecular weight is 1390 g/mol. The average Bonchev–Trinajstić information content (AvgIpc) is 1.51. The summed E-state index contributed by atoms with van der Waals surface area (Å²) < 4.78 is 72.9. The number of aromatic nitrogens is 2. The largest absolute Gasteiger partial charge is 0.391 e. The smallest absolute Gasteiger partial charge is 0.294 e. The SMILES string of the molecule is CC(O)[C@@H]1CC[C@@H](CC(=O)[C@@H]2CC3(CCC(C)(C)CC3)[C@@]3(C(=O)Nc4cc(Cl)ccc43)[C@H]2c2ccnc(Cl)c2F)CO1.CC1(C)CCC2(CC1)C[C@@H](C(=O)C[C@@H]1CC[C@@H](C(N)=O)OC1)[C@H](c1ccnc(Cl)c1F)[C@]21C(=O)Nc2cc(Cl)ccc21.O=S(=O)(O)c1ccccc1. The monoisotopic (exact) mass is 1390 g/mol. The maximum Gasteiger partial charge on any atom is 0.294 e. The van der Waals surface area contributed by atoms with Crippen molar-refractivity contribution in [2.45, 2.75) is 183 Å². The normalized spacial score (nSPS) is 29.5. The van der Waals surface area contributed by atoms with Gasteiger partial charge in [0.25, 0.3) is 10.1 Å². The standard InChI is InChI=1S/C33H39Cl2FN2O4.C32H36Cl2FN3O4.C6H6O3S/c1-18(39)26-7-4-19(17-42-26)14-25(40)22-16-32(11-9-31(2,3)10-12-32)33(27(22)21-8-13-37-29(35)28(21)36)23-6-5-20(34)15-24(23)38-30(33)41;1-30(2)8-10-31(11-9-30)15-20(23(39)13-17-3-6-24(28(36)40)42-16-17)25(19-7-12-37-27(34)26(19)35)32(31)21-5-4-18(33)14-22(21)38-29(32)41;7-10(8,9)6-4-2-1-3-5-6/h5-6,8,13,15,18-19,22,26-27,39H,4,7,9-12,14,16-17H2,1-3H3,(H,38,41);4-5,7,12,14,17,20,24-25H,3,6,8-11,13,15-16H2,1-2H3,(H2,36,40)(H,38,41);1-5H,(H,7,8,9)/t18?,19-,22-,26-,27-,33+;17-,20-,24-,25-,32+;/m00./s1. The summed E-state index contributed by atoms with van der Waals surface area (Å²) in [6.45, 7) is 11.3. The minimum Gasteiger partial charge on any atom is -0.391 e. The number of pyridine rings is 2. The third-order valence-electron chi connectivity index (χ3n) is 22.7. The van der Waals surface area contributed by atoms with Gasteiger partial charge < -0.3 is 30.9 Å². The van der Waals surface area contributed by atoms with E-state index in [0.717, 1.165) is 68.9 Å². The lowest BCUT2D eigenvalue weighted by Gasteiger charge is -2.51. The molecule has 2 saturated heterocycles. The second kappa shape index (κ2) is 26.7. The molecule has 5 aromatic rings. The number of hydrogen-bond donors (Lipinski definition) is 5. The van der Waals surface area contributed by atoms with Crippen molar-refractivity contribution >= 4 is 97.2 Å². The maximum atomic E-state index is 16.0. The zero-order valence-corrected chi connectivity index (χ0v) is 57.1. The number of carbonyl (C=O) groups excluding carboxylic acids is 5. The van der Waals surface area contributed by atoms with Gasteiger partial charge in [0.1, 0.15) is 17.7 Å². The van der Waals surface area contributed by atoms with Crippen LogP contribution in [-0.4, -0.2) is 88.9 Å². The third kappa shape index (κ3) is 12.8. The van der Waals surface area contributed by atoms with Gasteiger partial charge in [-0.05, 0) is 201 Å². The van der Waals surface area contributed by atoms with Crippen LogP contribution in [0.5, 0.6) is 0 Å². The minimum absolute atomic E-state index is 0.000288. The van der Waals surface area contributed by atoms with E-state index in [0.29, 0.717) is 60.1 Å².